The van der Waals surface area contributed by atoms with Crippen molar-refractivity contribution in [3.05, 3.63) is 59.7 Å². The number of hydrogen-bond donors (Lipinski definition) is 1. The summed E-state index contributed by atoms with van der Waals surface area (Å²) in [5, 5.41) is 6.61. The molecule has 26 heavy (non-hydrogen) atoms. The Balaban J connectivity index is 1.72. The summed E-state index contributed by atoms with van der Waals surface area (Å²) >= 11 is 0. The molecule has 0 spiro atoms. The quantitative estimate of drug-likeness (QED) is 0.926. The number of methoxy groups -OCH3 is 1. The highest BCUT2D eigenvalue weighted by atomic mass is 16.5. The van der Waals surface area contributed by atoms with E-state index < -0.39 is 0 Å². The molecule has 0 radical (unpaired) electrons. The zero-order chi connectivity index (χ0) is 18.3. The van der Waals surface area contributed by atoms with Gasteiger partial charge in [-0.25, -0.2) is 10.0 Å². The van der Waals surface area contributed by atoms with Crippen molar-refractivity contribution in [3.63, 3.8) is 0 Å². The number of amidine groups is 1. The Bertz CT molecular complexity index is 912. The predicted octanol–water partition coefficient (Wildman–Crippen LogP) is 3.28. The van der Waals surface area contributed by atoms with Crippen LogP contribution in [0.3, 0.4) is 0 Å². The van der Waals surface area contributed by atoms with E-state index in [1.807, 2.05) is 48.3 Å². The number of fused-ring (bicyclic) bond motifs is 1. The summed E-state index contributed by atoms with van der Waals surface area (Å²) in [5.74, 6) is 1.88. The molecule has 0 aliphatic carbocycles. The smallest absolute Gasteiger partial charge is 0.217 e. The monoisotopic (exact) mass is 347 g/mol. The number of rotatable bonds is 3. The SMILES string of the molecule is COc1ccc(C2N=C(N)N=C3C2C(C)=NN3c2ccc(C)cc2)cc1. The van der Waals surface area contributed by atoms with Crippen LogP contribution in [0.2, 0.25) is 0 Å². The van der Waals surface area contributed by atoms with E-state index in [1.54, 1.807) is 7.11 Å². The van der Waals surface area contributed by atoms with Crippen molar-refractivity contribution in [1.29, 1.82) is 0 Å². The molecule has 0 amide bonds. The summed E-state index contributed by atoms with van der Waals surface area (Å²) in [6, 6.07) is 16.0. The molecule has 6 heteroatoms. The number of hydrazone groups is 1. The Kier molecular flexibility index (Phi) is 3.95. The van der Waals surface area contributed by atoms with Gasteiger partial charge < -0.3 is 10.5 Å². The van der Waals surface area contributed by atoms with Crippen LogP contribution < -0.4 is 15.5 Å². The van der Waals surface area contributed by atoms with E-state index >= 15 is 0 Å². The average molecular weight is 347 g/mol. The maximum Gasteiger partial charge on any atom is 0.217 e. The Morgan fingerprint density at radius 2 is 1.69 bits per heavy atom. The molecular weight excluding hydrogens is 326 g/mol. The van der Waals surface area contributed by atoms with Crippen LogP contribution in [0.5, 0.6) is 5.75 Å². The number of aliphatic imine (C=N–C) groups is 2. The number of nitrogens with two attached hydrogens (primary N) is 1. The Hall–Kier alpha value is -3.15. The maximum atomic E-state index is 6.04. The maximum absolute atomic E-state index is 6.04. The number of aryl methyl sites for hydroxylation is 1. The summed E-state index contributed by atoms with van der Waals surface area (Å²) in [4.78, 5) is 9.12. The van der Waals surface area contributed by atoms with Crippen LogP contribution in [0.25, 0.3) is 0 Å². The van der Waals surface area contributed by atoms with Crippen LogP contribution in [-0.4, -0.2) is 24.6 Å². The molecule has 132 valence electrons. The number of hydrogen-bond acceptors (Lipinski definition) is 6. The topological polar surface area (TPSA) is 75.6 Å². The molecule has 0 saturated heterocycles. The van der Waals surface area contributed by atoms with Crippen LogP contribution in [0, 0.1) is 12.8 Å². The van der Waals surface area contributed by atoms with E-state index in [4.69, 9.17) is 15.6 Å². The van der Waals surface area contributed by atoms with Gasteiger partial charge in [-0.15, -0.1) is 0 Å². The molecule has 0 bridgehead atoms. The third-order valence-corrected chi connectivity index (χ3v) is 4.76. The second-order valence-corrected chi connectivity index (χ2v) is 6.54. The first-order chi connectivity index (χ1) is 12.6. The minimum atomic E-state index is -0.146. The van der Waals surface area contributed by atoms with Gasteiger partial charge in [0.1, 0.15) is 11.6 Å². The second-order valence-electron chi connectivity index (χ2n) is 6.54. The summed E-state index contributed by atoms with van der Waals surface area (Å²) in [6.07, 6.45) is 0. The normalized spacial score (nSPS) is 21.7. The first-order valence-corrected chi connectivity index (χ1v) is 8.54. The van der Waals surface area contributed by atoms with Crippen molar-refractivity contribution >= 4 is 23.2 Å². The summed E-state index contributed by atoms with van der Waals surface area (Å²) in [7, 11) is 1.66. The third-order valence-electron chi connectivity index (χ3n) is 4.76. The summed E-state index contributed by atoms with van der Waals surface area (Å²) in [5.41, 5.74) is 10.3. The molecule has 0 saturated carbocycles. The lowest BCUT2D eigenvalue weighted by Gasteiger charge is -2.27. The van der Waals surface area contributed by atoms with Gasteiger partial charge in [-0.05, 0) is 43.7 Å². The number of guanidine groups is 1. The molecule has 2 unspecified atom stereocenters. The molecule has 2 aliphatic heterocycles. The molecule has 2 N–H and O–H groups in total. The van der Waals surface area contributed by atoms with Crippen molar-refractivity contribution in [2.45, 2.75) is 19.9 Å². The zero-order valence-electron chi connectivity index (χ0n) is 15.0. The summed E-state index contributed by atoms with van der Waals surface area (Å²) in [6.45, 7) is 4.08. The highest BCUT2D eigenvalue weighted by Crippen LogP contribution is 2.38. The lowest BCUT2D eigenvalue weighted by molar-refractivity contribution is 0.414. The van der Waals surface area contributed by atoms with Crippen molar-refractivity contribution < 1.29 is 4.74 Å². The molecule has 2 aliphatic rings. The Morgan fingerprint density at radius 1 is 1.00 bits per heavy atom. The lowest BCUT2D eigenvalue weighted by Crippen LogP contribution is -2.36. The van der Waals surface area contributed by atoms with Crippen LogP contribution in [0.15, 0.2) is 63.6 Å². The minimum absolute atomic E-state index is 0.0306. The van der Waals surface area contributed by atoms with Gasteiger partial charge in [0, 0.05) is 5.71 Å². The molecule has 2 aromatic carbocycles. The zero-order valence-corrected chi connectivity index (χ0v) is 15.0. The van der Waals surface area contributed by atoms with Gasteiger partial charge in [0.2, 0.25) is 5.96 Å². The van der Waals surface area contributed by atoms with Crippen molar-refractivity contribution in [2.75, 3.05) is 12.1 Å². The molecule has 2 aromatic rings. The molecular formula is C20H21N5O. The first-order valence-electron chi connectivity index (χ1n) is 8.54. The van der Waals surface area contributed by atoms with Crippen molar-refractivity contribution in [1.82, 2.24) is 0 Å². The molecule has 0 fully saturated rings. The van der Waals surface area contributed by atoms with Gasteiger partial charge in [-0.3, -0.25) is 0 Å². The fraction of sp³-hybridized carbons (Fsp3) is 0.250. The van der Waals surface area contributed by atoms with E-state index in [2.05, 4.69) is 29.0 Å². The fourth-order valence-electron chi connectivity index (χ4n) is 3.38. The lowest BCUT2D eigenvalue weighted by atomic mass is 9.88. The molecule has 6 nitrogen and oxygen atoms in total. The van der Waals surface area contributed by atoms with Crippen LogP contribution in [0.4, 0.5) is 5.69 Å². The molecule has 2 atom stereocenters. The Morgan fingerprint density at radius 3 is 2.35 bits per heavy atom. The highest BCUT2D eigenvalue weighted by Gasteiger charge is 2.41. The van der Waals surface area contributed by atoms with Crippen LogP contribution >= 0.6 is 0 Å². The number of anilines is 1. The third kappa shape index (κ3) is 2.73. The fourth-order valence-corrected chi connectivity index (χ4v) is 3.38. The summed E-state index contributed by atoms with van der Waals surface area (Å²) < 4.78 is 5.25. The molecule has 0 aromatic heterocycles. The van der Waals surface area contributed by atoms with Crippen molar-refractivity contribution in [3.8, 4) is 5.75 Å². The second kappa shape index (κ2) is 6.29. The van der Waals surface area contributed by atoms with E-state index in [1.165, 1.54) is 5.56 Å². The Labute approximate surface area is 152 Å². The number of ether oxygens (including phenoxy) is 1. The number of benzene rings is 2. The van der Waals surface area contributed by atoms with Crippen LogP contribution in [-0.2, 0) is 0 Å². The van der Waals surface area contributed by atoms with Gasteiger partial charge in [0.25, 0.3) is 0 Å². The van der Waals surface area contributed by atoms with E-state index in [0.717, 1.165) is 28.5 Å². The standard InChI is InChI=1S/C20H21N5O/c1-12-4-8-15(9-5-12)25-19-17(13(2)24-25)18(22-20(21)23-19)14-6-10-16(26-3)11-7-14/h4-11,17-18H,1-3H3,(H2,21,22). The van der Waals surface area contributed by atoms with Gasteiger partial charge in [-0.1, -0.05) is 29.8 Å². The van der Waals surface area contributed by atoms with Gasteiger partial charge in [0.05, 0.1) is 24.8 Å². The average Bonchev–Trinajstić information content (AvgIpc) is 2.98. The van der Waals surface area contributed by atoms with Gasteiger partial charge in [-0.2, -0.15) is 10.1 Å². The molecule has 2 heterocycles. The minimum Gasteiger partial charge on any atom is -0.497 e. The number of nitrogens with zero attached hydrogens (tertiary/aromatic N) is 4. The van der Waals surface area contributed by atoms with E-state index in [9.17, 15) is 0 Å². The van der Waals surface area contributed by atoms with Gasteiger partial charge in [0.15, 0.2) is 0 Å². The van der Waals surface area contributed by atoms with Crippen molar-refractivity contribution in [2.24, 2.45) is 26.7 Å². The van der Waals surface area contributed by atoms with E-state index in [0.29, 0.717) is 0 Å². The predicted molar refractivity (Wildman–Crippen MR) is 105 cm³/mol. The largest absolute Gasteiger partial charge is 0.497 e. The highest BCUT2D eigenvalue weighted by molar-refractivity contribution is 6.21. The van der Waals surface area contributed by atoms with E-state index in [-0.39, 0.29) is 17.9 Å². The van der Waals surface area contributed by atoms with Gasteiger partial charge >= 0.3 is 0 Å². The first kappa shape index (κ1) is 16.3. The van der Waals surface area contributed by atoms with Crippen LogP contribution in [0.1, 0.15) is 24.1 Å². The molecule has 4 rings (SSSR count).